The van der Waals surface area contributed by atoms with Gasteiger partial charge in [0.2, 0.25) is 5.91 Å². The van der Waals surface area contributed by atoms with Crippen molar-refractivity contribution in [1.29, 1.82) is 5.26 Å². The van der Waals surface area contributed by atoms with E-state index in [1.807, 2.05) is 13.0 Å². The molecule has 1 atom stereocenters. The van der Waals surface area contributed by atoms with E-state index in [0.29, 0.717) is 0 Å². The predicted octanol–water partition coefficient (Wildman–Crippen LogP) is 5.32. The maximum absolute atomic E-state index is 13.0. The van der Waals surface area contributed by atoms with Gasteiger partial charge in [-0.15, -0.1) is 0 Å². The molecule has 3 aromatic carbocycles. The highest BCUT2D eigenvalue weighted by atomic mass is 35.5. The SMILES string of the molecule is CCC(C(=O)Nc1cc(O)c(NC(=O)c2ccc(C#N)c(Cl)c2)cc1Cl)S(=O)(=O)c1ccc(C)cc1. The van der Waals surface area contributed by atoms with Crippen LogP contribution in [0.3, 0.4) is 0 Å². The summed E-state index contributed by atoms with van der Waals surface area (Å²) >= 11 is 12.2. The fourth-order valence-corrected chi connectivity index (χ4v) is 5.41. The first-order valence-electron chi connectivity index (χ1n) is 10.6. The summed E-state index contributed by atoms with van der Waals surface area (Å²) in [5.41, 5.74) is 1.13. The molecule has 11 heteroatoms. The molecular formula is C25H21Cl2N3O5S. The first kappa shape index (κ1) is 27.0. The molecule has 0 radical (unpaired) electrons. The molecule has 1 unspecified atom stereocenters. The number of nitrogens with one attached hydrogen (secondary N) is 2. The second-order valence-electron chi connectivity index (χ2n) is 7.85. The van der Waals surface area contributed by atoms with Crippen molar-refractivity contribution in [3.8, 4) is 11.8 Å². The lowest BCUT2D eigenvalue weighted by atomic mass is 10.1. The number of hydrogen-bond donors (Lipinski definition) is 3. The Kier molecular flexibility index (Phi) is 8.25. The molecule has 36 heavy (non-hydrogen) atoms. The lowest BCUT2D eigenvalue weighted by molar-refractivity contribution is -0.115. The van der Waals surface area contributed by atoms with E-state index in [1.54, 1.807) is 19.1 Å². The highest BCUT2D eigenvalue weighted by molar-refractivity contribution is 7.92. The van der Waals surface area contributed by atoms with Crippen molar-refractivity contribution in [1.82, 2.24) is 0 Å². The first-order valence-corrected chi connectivity index (χ1v) is 12.9. The van der Waals surface area contributed by atoms with Gasteiger partial charge in [-0.1, -0.05) is 47.8 Å². The van der Waals surface area contributed by atoms with Crippen LogP contribution in [0.1, 0.15) is 34.8 Å². The van der Waals surface area contributed by atoms with Crippen LogP contribution in [0.2, 0.25) is 10.0 Å². The van der Waals surface area contributed by atoms with Crippen LogP contribution < -0.4 is 10.6 Å². The van der Waals surface area contributed by atoms with Crippen molar-refractivity contribution >= 4 is 56.2 Å². The Bertz CT molecular complexity index is 1480. The molecule has 0 bridgehead atoms. The highest BCUT2D eigenvalue weighted by Gasteiger charge is 2.33. The summed E-state index contributed by atoms with van der Waals surface area (Å²) in [5.74, 6) is -1.86. The normalized spacial score (nSPS) is 11.9. The Morgan fingerprint density at radius 2 is 1.67 bits per heavy atom. The number of benzene rings is 3. The topological polar surface area (TPSA) is 136 Å². The molecule has 0 saturated carbocycles. The Hall–Kier alpha value is -3.58. The molecule has 0 aliphatic heterocycles. The van der Waals surface area contributed by atoms with Crippen molar-refractivity contribution in [2.75, 3.05) is 10.6 Å². The average molecular weight is 546 g/mol. The summed E-state index contributed by atoms with van der Waals surface area (Å²) in [7, 11) is -3.98. The van der Waals surface area contributed by atoms with Crippen molar-refractivity contribution in [2.24, 2.45) is 0 Å². The monoisotopic (exact) mass is 545 g/mol. The zero-order chi connectivity index (χ0) is 26.6. The third kappa shape index (κ3) is 5.79. The van der Waals surface area contributed by atoms with Crippen LogP contribution in [0.15, 0.2) is 59.5 Å². The lowest BCUT2D eigenvalue weighted by Gasteiger charge is -2.17. The van der Waals surface area contributed by atoms with Crippen molar-refractivity contribution in [3.05, 3.63) is 81.3 Å². The van der Waals surface area contributed by atoms with E-state index in [2.05, 4.69) is 10.6 Å². The largest absolute Gasteiger partial charge is 0.506 e. The van der Waals surface area contributed by atoms with Crippen molar-refractivity contribution in [3.63, 3.8) is 0 Å². The predicted molar refractivity (Wildman–Crippen MR) is 138 cm³/mol. The number of hydrogen-bond acceptors (Lipinski definition) is 6. The zero-order valence-corrected chi connectivity index (χ0v) is 21.5. The molecule has 0 heterocycles. The summed E-state index contributed by atoms with van der Waals surface area (Å²) in [6.45, 7) is 3.39. The molecule has 2 amide bonds. The van der Waals surface area contributed by atoms with E-state index in [0.717, 1.165) is 11.6 Å². The van der Waals surface area contributed by atoms with Gasteiger partial charge in [-0.05, 0) is 49.7 Å². The van der Waals surface area contributed by atoms with Gasteiger partial charge in [-0.25, -0.2) is 8.42 Å². The van der Waals surface area contributed by atoms with E-state index >= 15 is 0 Å². The van der Waals surface area contributed by atoms with Gasteiger partial charge >= 0.3 is 0 Å². The van der Waals surface area contributed by atoms with E-state index in [-0.39, 0.29) is 43.9 Å². The maximum Gasteiger partial charge on any atom is 0.255 e. The molecule has 0 aromatic heterocycles. The number of sulfone groups is 1. The fourth-order valence-electron chi connectivity index (χ4n) is 3.35. The minimum Gasteiger partial charge on any atom is -0.506 e. The standard InChI is InChI=1S/C25H21Cl2N3O5S/c1-3-23(36(34,35)17-8-4-14(2)5-9-17)25(33)29-20-12-22(31)21(11-19(20)27)30-24(32)15-6-7-16(13-28)18(26)10-15/h4-12,23,31H,3H2,1-2H3,(H,29,33)(H,30,32). The number of aryl methyl sites for hydroxylation is 1. The molecule has 0 aliphatic carbocycles. The Morgan fingerprint density at radius 1 is 1.00 bits per heavy atom. The summed E-state index contributed by atoms with van der Waals surface area (Å²) in [6, 6.07) is 14.5. The number of anilines is 2. The van der Waals surface area contributed by atoms with Crippen molar-refractivity contribution < 1.29 is 23.1 Å². The molecule has 3 N–H and O–H groups in total. The Balaban J connectivity index is 1.80. The third-order valence-corrected chi connectivity index (χ3v) is 8.18. The second kappa shape index (κ2) is 11.0. The number of amides is 2. The van der Waals surface area contributed by atoms with Crippen LogP contribution >= 0.6 is 23.2 Å². The number of carbonyl (C=O) groups excluding carboxylic acids is 2. The first-order chi connectivity index (χ1) is 17.0. The van der Waals surface area contributed by atoms with Crippen LogP contribution in [0.4, 0.5) is 11.4 Å². The van der Waals surface area contributed by atoms with Gasteiger partial charge in [-0.2, -0.15) is 5.26 Å². The van der Waals surface area contributed by atoms with Gasteiger partial charge in [0.05, 0.1) is 31.9 Å². The van der Waals surface area contributed by atoms with Crippen molar-refractivity contribution in [2.45, 2.75) is 30.4 Å². The zero-order valence-electron chi connectivity index (χ0n) is 19.2. The van der Waals surface area contributed by atoms with Gasteiger partial charge in [0, 0.05) is 11.6 Å². The van der Waals surface area contributed by atoms with E-state index < -0.39 is 32.7 Å². The minimum absolute atomic E-state index is 0.00688. The number of phenolic OH excluding ortho intramolecular Hbond substituents is 1. The maximum atomic E-state index is 13.0. The molecule has 186 valence electrons. The van der Waals surface area contributed by atoms with E-state index in [1.165, 1.54) is 36.4 Å². The molecule has 0 fully saturated rings. The van der Waals surface area contributed by atoms with Gasteiger partial charge < -0.3 is 15.7 Å². The van der Waals surface area contributed by atoms with Crippen LogP contribution in [0.25, 0.3) is 0 Å². The summed E-state index contributed by atoms with van der Waals surface area (Å²) in [4.78, 5) is 25.5. The number of carbonyl (C=O) groups is 2. The number of halogens is 2. The molecule has 0 saturated heterocycles. The summed E-state index contributed by atoms with van der Waals surface area (Å²) in [6.07, 6.45) is 0.00688. The van der Waals surface area contributed by atoms with Gasteiger partial charge in [0.15, 0.2) is 9.84 Å². The molecule has 8 nitrogen and oxygen atoms in total. The Morgan fingerprint density at radius 3 is 2.25 bits per heavy atom. The molecule has 3 aromatic rings. The van der Waals surface area contributed by atoms with Crippen LogP contribution in [-0.2, 0) is 14.6 Å². The Labute approximate surface area is 218 Å². The van der Waals surface area contributed by atoms with Crippen LogP contribution in [0.5, 0.6) is 5.75 Å². The van der Waals surface area contributed by atoms with Crippen LogP contribution in [-0.4, -0.2) is 30.6 Å². The molecule has 0 spiro atoms. The average Bonchev–Trinajstić information content (AvgIpc) is 2.82. The minimum atomic E-state index is -3.98. The summed E-state index contributed by atoms with van der Waals surface area (Å²) in [5, 5.41) is 22.9. The fraction of sp³-hybridized carbons (Fsp3) is 0.160. The van der Waals surface area contributed by atoms with E-state index in [9.17, 15) is 23.1 Å². The highest BCUT2D eigenvalue weighted by Crippen LogP contribution is 2.35. The smallest absolute Gasteiger partial charge is 0.255 e. The summed E-state index contributed by atoms with van der Waals surface area (Å²) < 4.78 is 26.0. The number of nitrogens with zero attached hydrogens (tertiary/aromatic N) is 1. The molecule has 3 rings (SSSR count). The number of nitriles is 1. The number of rotatable bonds is 7. The number of aromatic hydroxyl groups is 1. The second-order valence-corrected chi connectivity index (χ2v) is 10.8. The lowest BCUT2D eigenvalue weighted by Crippen LogP contribution is -2.34. The number of phenols is 1. The van der Waals surface area contributed by atoms with Gasteiger partial charge in [0.25, 0.3) is 5.91 Å². The van der Waals surface area contributed by atoms with E-state index in [4.69, 9.17) is 28.5 Å². The quantitative estimate of drug-likeness (QED) is 0.343. The molecule has 0 aliphatic rings. The van der Waals surface area contributed by atoms with Gasteiger partial charge in [0.1, 0.15) is 17.1 Å². The van der Waals surface area contributed by atoms with Gasteiger partial charge in [-0.3, -0.25) is 9.59 Å². The molecular weight excluding hydrogens is 525 g/mol. The van der Waals surface area contributed by atoms with Crippen LogP contribution in [0, 0.1) is 18.3 Å². The third-order valence-electron chi connectivity index (χ3n) is 5.33.